The highest BCUT2D eigenvalue weighted by Gasteiger charge is 2.39. The van der Waals surface area contributed by atoms with Gasteiger partial charge in [0.05, 0.1) is 16.2 Å². The second-order valence-corrected chi connectivity index (χ2v) is 8.21. The molecule has 0 amide bonds. The summed E-state index contributed by atoms with van der Waals surface area (Å²) in [6, 6.07) is 8.17. The number of rotatable bonds is 5. The standard InChI is InChI=1S/C17H18N4OS2/c1-11-19-13(9-23-11)10-24-14-5-3-12(4-6-14)15-20-16(21-22-15)17(18)7-2-8-17/h3-6,9H,2,7-8,10,18H2,1H3. The molecule has 0 saturated heterocycles. The minimum absolute atomic E-state index is 0.386. The van der Waals surface area contributed by atoms with Crippen LogP contribution in [0, 0.1) is 6.92 Å². The van der Waals surface area contributed by atoms with E-state index in [-0.39, 0.29) is 5.54 Å². The first-order chi connectivity index (χ1) is 11.6. The maximum Gasteiger partial charge on any atom is 0.257 e. The van der Waals surface area contributed by atoms with E-state index >= 15 is 0 Å². The quantitative estimate of drug-likeness (QED) is 0.691. The third kappa shape index (κ3) is 3.11. The smallest absolute Gasteiger partial charge is 0.257 e. The Kier molecular flexibility index (Phi) is 4.15. The highest BCUT2D eigenvalue weighted by molar-refractivity contribution is 7.98. The van der Waals surface area contributed by atoms with E-state index < -0.39 is 0 Å². The van der Waals surface area contributed by atoms with Crippen molar-refractivity contribution < 1.29 is 4.52 Å². The van der Waals surface area contributed by atoms with Crippen LogP contribution in [0.25, 0.3) is 11.5 Å². The summed E-state index contributed by atoms with van der Waals surface area (Å²) in [6.07, 6.45) is 2.99. The van der Waals surface area contributed by atoms with Gasteiger partial charge in [-0.25, -0.2) is 4.98 Å². The number of thioether (sulfide) groups is 1. The van der Waals surface area contributed by atoms with Crippen molar-refractivity contribution in [3.8, 4) is 11.5 Å². The number of hydrogen-bond donors (Lipinski definition) is 1. The zero-order valence-electron chi connectivity index (χ0n) is 13.4. The van der Waals surface area contributed by atoms with Gasteiger partial charge in [0.2, 0.25) is 0 Å². The predicted molar refractivity (Wildman–Crippen MR) is 95.9 cm³/mol. The average molecular weight is 358 g/mol. The van der Waals surface area contributed by atoms with Crippen LogP contribution < -0.4 is 5.73 Å². The summed E-state index contributed by atoms with van der Waals surface area (Å²) < 4.78 is 5.39. The zero-order valence-corrected chi connectivity index (χ0v) is 15.0. The highest BCUT2D eigenvalue weighted by Crippen LogP contribution is 2.37. The van der Waals surface area contributed by atoms with Crippen LogP contribution in [-0.2, 0) is 11.3 Å². The van der Waals surface area contributed by atoms with Gasteiger partial charge in [0.15, 0.2) is 5.82 Å². The Morgan fingerprint density at radius 2 is 2.04 bits per heavy atom. The van der Waals surface area contributed by atoms with E-state index in [0.717, 1.165) is 41.3 Å². The van der Waals surface area contributed by atoms with Gasteiger partial charge in [-0.05, 0) is 50.5 Å². The second kappa shape index (κ2) is 6.31. The molecule has 2 heterocycles. The van der Waals surface area contributed by atoms with E-state index in [1.54, 1.807) is 23.1 Å². The lowest BCUT2D eigenvalue weighted by Gasteiger charge is -2.34. The predicted octanol–water partition coefficient (Wildman–Crippen LogP) is 4.13. The normalized spacial score (nSPS) is 16.1. The van der Waals surface area contributed by atoms with E-state index in [9.17, 15) is 0 Å². The lowest BCUT2D eigenvalue weighted by Crippen LogP contribution is -2.44. The Morgan fingerprint density at radius 3 is 2.67 bits per heavy atom. The van der Waals surface area contributed by atoms with Crippen LogP contribution in [-0.4, -0.2) is 15.1 Å². The summed E-state index contributed by atoms with van der Waals surface area (Å²) in [5.41, 5.74) is 7.91. The lowest BCUT2D eigenvalue weighted by atomic mass is 9.77. The summed E-state index contributed by atoms with van der Waals surface area (Å²) in [5.74, 6) is 2.04. The molecule has 7 heteroatoms. The summed E-state index contributed by atoms with van der Waals surface area (Å²) in [7, 11) is 0. The molecule has 5 nitrogen and oxygen atoms in total. The van der Waals surface area contributed by atoms with Gasteiger partial charge in [0, 0.05) is 21.6 Å². The van der Waals surface area contributed by atoms with Crippen molar-refractivity contribution in [2.45, 2.75) is 42.4 Å². The number of nitrogens with two attached hydrogens (primary N) is 1. The molecule has 124 valence electrons. The van der Waals surface area contributed by atoms with E-state index in [0.29, 0.717) is 11.7 Å². The van der Waals surface area contributed by atoms with Crippen LogP contribution in [0.1, 0.15) is 35.8 Å². The van der Waals surface area contributed by atoms with E-state index in [1.165, 1.54) is 4.90 Å². The van der Waals surface area contributed by atoms with Crippen LogP contribution in [0.5, 0.6) is 0 Å². The molecule has 1 aliphatic carbocycles. The Balaban J connectivity index is 1.43. The summed E-state index contributed by atoms with van der Waals surface area (Å²) in [5, 5.41) is 7.28. The number of aryl methyl sites for hydroxylation is 1. The Labute approximate surface area is 148 Å². The number of thiazole rings is 1. The first kappa shape index (κ1) is 15.8. The number of benzene rings is 1. The fourth-order valence-electron chi connectivity index (χ4n) is 2.65. The molecule has 0 atom stereocenters. The lowest BCUT2D eigenvalue weighted by molar-refractivity contribution is 0.229. The third-order valence-corrected chi connectivity index (χ3v) is 6.14. The van der Waals surface area contributed by atoms with Gasteiger partial charge in [-0.2, -0.15) is 4.98 Å². The van der Waals surface area contributed by atoms with Gasteiger partial charge in [0.25, 0.3) is 5.89 Å². The minimum atomic E-state index is -0.386. The minimum Gasteiger partial charge on any atom is -0.334 e. The van der Waals surface area contributed by atoms with Crippen molar-refractivity contribution in [3.63, 3.8) is 0 Å². The molecule has 0 aliphatic heterocycles. The number of aromatic nitrogens is 3. The third-order valence-electron chi connectivity index (χ3n) is 4.27. The van der Waals surface area contributed by atoms with Crippen molar-refractivity contribution in [2.75, 3.05) is 0 Å². The molecule has 24 heavy (non-hydrogen) atoms. The molecule has 1 aliphatic rings. The number of nitrogens with zero attached hydrogens (tertiary/aromatic N) is 3. The second-order valence-electron chi connectivity index (χ2n) is 6.10. The molecule has 0 unspecified atom stereocenters. The van der Waals surface area contributed by atoms with E-state index in [1.807, 2.05) is 19.1 Å². The van der Waals surface area contributed by atoms with Gasteiger partial charge in [-0.3, -0.25) is 0 Å². The average Bonchev–Trinajstić information content (AvgIpc) is 3.20. The maximum atomic E-state index is 6.24. The van der Waals surface area contributed by atoms with Gasteiger partial charge < -0.3 is 10.3 Å². The molecule has 0 spiro atoms. The van der Waals surface area contributed by atoms with E-state index in [2.05, 4.69) is 32.6 Å². The van der Waals surface area contributed by atoms with Crippen LogP contribution >= 0.6 is 23.1 Å². The number of hydrogen-bond acceptors (Lipinski definition) is 7. The molecule has 2 N–H and O–H groups in total. The van der Waals surface area contributed by atoms with Crippen molar-refractivity contribution in [2.24, 2.45) is 5.73 Å². The molecule has 1 aromatic carbocycles. The van der Waals surface area contributed by atoms with Gasteiger partial charge >= 0.3 is 0 Å². The van der Waals surface area contributed by atoms with Crippen molar-refractivity contribution in [1.82, 2.24) is 15.1 Å². The molecular formula is C17H18N4OS2. The monoisotopic (exact) mass is 358 g/mol. The van der Waals surface area contributed by atoms with Crippen LogP contribution in [0.15, 0.2) is 39.1 Å². The van der Waals surface area contributed by atoms with E-state index in [4.69, 9.17) is 10.3 Å². The topological polar surface area (TPSA) is 77.8 Å². The van der Waals surface area contributed by atoms with Gasteiger partial charge in [0.1, 0.15) is 0 Å². The molecule has 0 bridgehead atoms. The Bertz CT molecular complexity index is 836. The Hall–Kier alpha value is -1.70. The van der Waals surface area contributed by atoms with Crippen molar-refractivity contribution >= 4 is 23.1 Å². The molecule has 2 aromatic heterocycles. The summed E-state index contributed by atoms with van der Waals surface area (Å²) in [6.45, 7) is 2.03. The van der Waals surface area contributed by atoms with Gasteiger partial charge in [-0.15, -0.1) is 23.1 Å². The fraction of sp³-hybridized carbons (Fsp3) is 0.353. The van der Waals surface area contributed by atoms with Crippen LogP contribution in [0.2, 0.25) is 0 Å². The van der Waals surface area contributed by atoms with Crippen LogP contribution in [0.3, 0.4) is 0 Å². The molecule has 3 aromatic rings. The first-order valence-electron chi connectivity index (χ1n) is 7.90. The van der Waals surface area contributed by atoms with Crippen LogP contribution in [0.4, 0.5) is 0 Å². The molecule has 4 rings (SSSR count). The largest absolute Gasteiger partial charge is 0.334 e. The molecule has 0 radical (unpaired) electrons. The maximum absolute atomic E-state index is 6.24. The van der Waals surface area contributed by atoms with Gasteiger partial charge in [-0.1, -0.05) is 5.16 Å². The van der Waals surface area contributed by atoms with Crippen molar-refractivity contribution in [3.05, 3.63) is 46.2 Å². The summed E-state index contributed by atoms with van der Waals surface area (Å²) >= 11 is 3.46. The zero-order chi connectivity index (χ0) is 16.6. The highest BCUT2D eigenvalue weighted by atomic mass is 32.2. The molecular weight excluding hydrogens is 340 g/mol. The fourth-order valence-corrected chi connectivity index (χ4v) is 4.16. The summed E-state index contributed by atoms with van der Waals surface area (Å²) in [4.78, 5) is 10.2. The first-order valence-corrected chi connectivity index (χ1v) is 9.76. The Morgan fingerprint density at radius 1 is 1.25 bits per heavy atom. The van der Waals surface area contributed by atoms with Crippen molar-refractivity contribution in [1.29, 1.82) is 0 Å². The molecule has 1 saturated carbocycles. The SMILES string of the molecule is Cc1nc(CSc2ccc(-c3nc(C4(N)CCC4)no3)cc2)cs1. The molecule has 1 fully saturated rings.